The second-order valence-electron chi connectivity index (χ2n) is 4.69. The number of aromatic nitrogens is 2. The Hall–Kier alpha value is -1.69. The summed E-state index contributed by atoms with van der Waals surface area (Å²) in [6.45, 7) is 5.92. The van der Waals surface area contributed by atoms with Crippen LogP contribution in [0.1, 0.15) is 44.2 Å². The van der Waals surface area contributed by atoms with Crippen LogP contribution in [-0.2, 0) is 11.2 Å². The van der Waals surface area contributed by atoms with E-state index in [9.17, 15) is 9.59 Å². The van der Waals surface area contributed by atoms with E-state index in [0.29, 0.717) is 17.9 Å². The van der Waals surface area contributed by atoms with E-state index in [1.165, 1.54) is 0 Å². The molecule has 1 N–H and O–H groups in total. The smallest absolute Gasteiger partial charge is 0.312 e. The van der Waals surface area contributed by atoms with E-state index in [2.05, 4.69) is 16.9 Å². The van der Waals surface area contributed by atoms with Gasteiger partial charge in [0.2, 0.25) is 5.88 Å². The third kappa shape index (κ3) is 2.90. The Balaban J connectivity index is 2.52. The van der Waals surface area contributed by atoms with Crippen molar-refractivity contribution in [1.82, 2.24) is 9.97 Å². The van der Waals surface area contributed by atoms with Crippen LogP contribution in [0.3, 0.4) is 0 Å². The third-order valence-electron chi connectivity index (χ3n) is 3.06. The van der Waals surface area contributed by atoms with Crippen molar-refractivity contribution in [3.05, 3.63) is 20.8 Å². The number of pyridine rings is 1. The molecule has 0 fully saturated rings. The summed E-state index contributed by atoms with van der Waals surface area (Å²) in [6, 6.07) is 0. The molecule has 20 heavy (non-hydrogen) atoms. The van der Waals surface area contributed by atoms with Gasteiger partial charge in [0.15, 0.2) is 5.65 Å². The third-order valence-corrected chi connectivity index (χ3v) is 4.05. The second-order valence-corrected chi connectivity index (χ2v) is 5.67. The van der Waals surface area contributed by atoms with E-state index < -0.39 is 0 Å². The average molecular weight is 294 g/mol. The number of carbonyl (C=O) groups excluding carboxylic acids is 1. The van der Waals surface area contributed by atoms with Gasteiger partial charge >= 0.3 is 10.8 Å². The lowest BCUT2D eigenvalue weighted by Crippen LogP contribution is -2.11. The maximum Gasteiger partial charge on any atom is 0.312 e. The van der Waals surface area contributed by atoms with Crippen LogP contribution in [0.5, 0.6) is 5.88 Å². The maximum atomic E-state index is 11.7. The molecular formula is C14H18N2O3S. The Morgan fingerprint density at radius 3 is 2.75 bits per heavy atom. The average Bonchev–Trinajstić information content (AvgIpc) is 2.75. The van der Waals surface area contributed by atoms with Crippen molar-refractivity contribution < 1.29 is 9.53 Å². The number of H-pyrrole nitrogens is 1. The Morgan fingerprint density at radius 2 is 2.10 bits per heavy atom. The van der Waals surface area contributed by atoms with Crippen molar-refractivity contribution in [2.75, 3.05) is 0 Å². The van der Waals surface area contributed by atoms with Gasteiger partial charge in [0.05, 0.1) is 4.70 Å². The van der Waals surface area contributed by atoms with Crippen LogP contribution in [0.4, 0.5) is 0 Å². The summed E-state index contributed by atoms with van der Waals surface area (Å²) in [6.07, 6.45) is 2.80. The number of carbonyl (C=O) groups is 1. The number of hydrogen-bond acceptors (Lipinski definition) is 5. The monoisotopic (exact) mass is 294 g/mol. The number of aryl methyl sites for hydroxylation is 1. The van der Waals surface area contributed by atoms with E-state index >= 15 is 0 Å². The highest BCUT2D eigenvalue weighted by Gasteiger charge is 2.17. The van der Waals surface area contributed by atoms with Crippen molar-refractivity contribution in [3.63, 3.8) is 0 Å². The Morgan fingerprint density at radius 1 is 1.35 bits per heavy atom. The first kappa shape index (κ1) is 14.7. The molecule has 2 rings (SSSR count). The molecule has 2 heterocycles. The molecule has 0 spiro atoms. The van der Waals surface area contributed by atoms with E-state index in [1.54, 1.807) is 0 Å². The Bertz CT molecular complexity index is 688. The number of esters is 1. The van der Waals surface area contributed by atoms with Crippen molar-refractivity contribution >= 4 is 27.7 Å². The van der Waals surface area contributed by atoms with Crippen LogP contribution in [-0.4, -0.2) is 15.9 Å². The molecule has 2 aromatic rings. The maximum absolute atomic E-state index is 11.7. The molecule has 0 aromatic carbocycles. The molecule has 0 atom stereocenters. The van der Waals surface area contributed by atoms with Crippen LogP contribution in [0.25, 0.3) is 10.3 Å². The Labute approximate surface area is 121 Å². The molecule has 0 aliphatic carbocycles. The Kier molecular flexibility index (Phi) is 4.54. The number of aromatic amines is 1. The van der Waals surface area contributed by atoms with Gasteiger partial charge in [-0.05, 0) is 25.3 Å². The minimum Gasteiger partial charge on any atom is -0.407 e. The number of rotatable bonds is 5. The quantitative estimate of drug-likeness (QED) is 0.861. The minimum atomic E-state index is -0.284. The number of ether oxygens (including phenoxy) is 1. The highest BCUT2D eigenvalue weighted by molar-refractivity contribution is 7.16. The van der Waals surface area contributed by atoms with Crippen LogP contribution < -0.4 is 9.61 Å². The summed E-state index contributed by atoms with van der Waals surface area (Å²) in [5.74, 6) is 0.0537. The molecule has 0 unspecified atom stereocenters. The summed E-state index contributed by atoms with van der Waals surface area (Å²) >= 11 is 1.14. The molecule has 0 amide bonds. The second kappa shape index (κ2) is 6.17. The summed E-state index contributed by atoms with van der Waals surface area (Å²) in [7, 11) is 0. The largest absolute Gasteiger partial charge is 0.407 e. The zero-order valence-corrected chi connectivity index (χ0v) is 12.7. The highest BCUT2D eigenvalue weighted by Crippen LogP contribution is 2.29. The summed E-state index contributed by atoms with van der Waals surface area (Å²) in [4.78, 5) is 30.0. The minimum absolute atomic E-state index is 0.143. The van der Waals surface area contributed by atoms with Gasteiger partial charge in [-0.15, -0.1) is 0 Å². The van der Waals surface area contributed by atoms with Gasteiger partial charge < -0.3 is 4.74 Å². The highest BCUT2D eigenvalue weighted by atomic mass is 32.1. The normalized spacial score (nSPS) is 10.9. The van der Waals surface area contributed by atoms with Crippen LogP contribution in [0.15, 0.2) is 4.79 Å². The number of fused-ring (bicyclic) bond motifs is 1. The van der Waals surface area contributed by atoms with Gasteiger partial charge in [0.25, 0.3) is 0 Å². The first-order valence-corrected chi connectivity index (χ1v) is 7.61. The van der Waals surface area contributed by atoms with Crippen molar-refractivity contribution in [2.24, 2.45) is 0 Å². The van der Waals surface area contributed by atoms with E-state index in [0.717, 1.165) is 46.4 Å². The number of thiazole rings is 1. The van der Waals surface area contributed by atoms with Crippen molar-refractivity contribution in [3.8, 4) is 5.88 Å². The molecule has 0 saturated heterocycles. The van der Waals surface area contributed by atoms with Gasteiger partial charge in [-0.1, -0.05) is 31.6 Å². The first-order valence-electron chi connectivity index (χ1n) is 6.79. The predicted octanol–water partition coefficient (Wildman–Crippen LogP) is 2.95. The van der Waals surface area contributed by atoms with E-state index in [-0.39, 0.29) is 10.8 Å². The SMILES string of the molecule is CCCC(=O)Oc1nc2[nH]c(=O)sc2c(C)c1CCC. The molecular weight excluding hydrogens is 276 g/mol. The molecule has 0 aliphatic heterocycles. The summed E-state index contributed by atoms with van der Waals surface area (Å²) in [5, 5.41) is 0. The lowest BCUT2D eigenvalue weighted by molar-refractivity contribution is -0.134. The standard InChI is InChI=1S/C14H18N2O3S/c1-4-6-9-8(3)11-12(16-14(18)20-11)15-13(9)19-10(17)7-5-2/h4-7H2,1-3H3,(H,15,16,18). The zero-order valence-electron chi connectivity index (χ0n) is 11.9. The molecule has 5 nitrogen and oxygen atoms in total. The fraction of sp³-hybridized carbons (Fsp3) is 0.500. The lowest BCUT2D eigenvalue weighted by atomic mass is 10.1. The van der Waals surface area contributed by atoms with Gasteiger partial charge in [-0.3, -0.25) is 14.6 Å². The molecule has 2 aromatic heterocycles. The molecule has 0 bridgehead atoms. The van der Waals surface area contributed by atoms with Crippen molar-refractivity contribution in [2.45, 2.75) is 46.5 Å². The van der Waals surface area contributed by atoms with Gasteiger partial charge in [0.1, 0.15) is 0 Å². The topological polar surface area (TPSA) is 72.0 Å². The molecule has 6 heteroatoms. The van der Waals surface area contributed by atoms with Gasteiger partial charge in [0, 0.05) is 12.0 Å². The molecule has 0 saturated carbocycles. The van der Waals surface area contributed by atoms with Crippen molar-refractivity contribution in [1.29, 1.82) is 0 Å². The fourth-order valence-electron chi connectivity index (χ4n) is 2.11. The number of hydrogen-bond donors (Lipinski definition) is 1. The molecule has 0 radical (unpaired) electrons. The van der Waals surface area contributed by atoms with Crippen LogP contribution >= 0.6 is 11.3 Å². The zero-order chi connectivity index (χ0) is 14.7. The molecule has 0 aliphatic rings. The van der Waals surface area contributed by atoms with Crippen LogP contribution in [0.2, 0.25) is 0 Å². The predicted molar refractivity (Wildman–Crippen MR) is 79.5 cm³/mol. The van der Waals surface area contributed by atoms with Gasteiger partial charge in [-0.25, -0.2) is 0 Å². The number of nitrogens with zero attached hydrogens (tertiary/aromatic N) is 1. The lowest BCUT2D eigenvalue weighted by Gasteiger charge is -2.11. The fourth-order valence-corrected chi connectivity index (χ4v) is 2.91. The summed E-state index contributed by atoms with van der Waals surface area (Å²) < 4.78 is 6.21. The summed E-state index contributed by atoms with van der Waals surface area (Å²) in [5.41, 5.74) is 2.39. The van der Waals surface area contributed by atoms with Gasteiger partial charge in [-0.2, -0.15) is 4.98 Å². The number of nitrogens with one attached hydrogen (secondary N) is 1. The van der Waals surface area contributed by atoms with E-state index in [4.69, 9.17) is 4.74 Å². The first-order chi connectivity index (χ1) is 9.56. The van der Waals surface area contributed by atoms with E-state index in [1.807, 2.05) is 13.8 Å². The molecule has 108 valence electrons. The van der Waals surface area contributed by atoms with Crippen LogP contribution in [0, 0.1) is 6.92 Å².